The van der Waals surface area contributed by atoms with E-state index in [4.69, 9.17) is 5.73 Å². The van der Waals surface area contributed by atoms with Gasteiger partial charge in [0, 0.05) is 11.4 Å². The number of hydrogen-bond acceptors (Lipinski definition) is 4. The Morgan fingerprint density at radius 3 is 3.14 bits per heavy atom. The average molecular weight is 301 g/mol. The molecule has 21 heavy (non-hydrogen) atoms. The summed E-state index contributed by atoms with van der Waals surface area (Å²) < 4.78 is 4.22. The highest BCUT2D eigenvalue weighted by atomic mass is 32.1. The van der Waals surface area contributed by atoms with Gasteiger partial charge >= 0.3 is 0 Å². The highest BCUT2D eigenvalue weighted by molar-refractivity contribution is 7.10. The quantitative estimate of drug-likeness (QED) is 0.791. The molecule has 2 N–H and O–H groups in total. The molecule has 5 nitrogen and oxygen atoms in total. The fourth-order valence-electron chi connectivity index (χ4n) is 3.46. The number of anilines is 1. The summed E-state index contributed by atoms with van der Waals surface area (Å²) in [6.07, 6.45) is 3.51. The molecule has 1 unspecified atom stereocenters. The van der Waals surface area contributed by atoms with Crippen LogP contribution in [0.15, 0.2) is 11.4 Å². The monoisotopic (exact) mass is 301 g/mol. The van der Waals surface area contributed by atoms with Crippen LogP contribution in [0.2, 0.25) is 0 Å². The predicted octanol–water partition coefficient (Wildman–Crippen LogP) is 3.13. The standard InChI is InChI=1S/C15H19N5S/c1-3-19-14-13(9(2)18-19)17-15(16)20(14)11-5-4-6-12-10(11)7-8-21-12/h7-8,11H,3-6H2,1-2H3,(H2,16,17). The van der Waals surface area contributed by atoms with E-state index in [1.54, 1.807) is 0 Å². The number of nitrogens with two attached hydrogens (primary N) is 1. The Bertz CT molecular complexity index is 810. The Kier molecular flexibility index (Phi) is 2.82. The van der Waals surface area contributed by atoms with Gasteiger partial charge in [-0.1, -0.05) is 0 Å². The molecule has 1 atom stereocenters. The van der Waals surface area contributed by atoms with Crippen molar-refractivity contribution in [2.75, 3.05) is 5.73 Å². The van der Waals surface area contributed by atoms with Gasteiger partial charge in [0.25, 0.3) is 0 Å². The van der Waals surface area contributed by atoms with Crippen molar-refractivity contribution in [3.63, 3.8) is 0 Å². The highest BCUT2D eigenvalue weighted by Gasteiger charge is 2.28. The van der Waals surface area contributed by atoms with Crippen molar-refractivity contribution in [2.24, 2.45) is 0 Å². The summed E-state index contributed by atoms with van der Waals surface area (Å²) in [6, 6.07) is 2.54. The van der Waals surface area contributed by atoms with E-state index < -0.39 is 0 Å². The number of hydrogen-bond donors (Lipinski definition) is 1. The molecule has 0 saturated carbocycles. The Labute approximate surface area is 127 Å². The summed E-state index contributed by atoms with van der Waals surface area (Å²) in [6.45, 7) is 4.94. The SMILES string of the molecule is CCn1nc(C)c2nc(N)n(C3CCCc4sccc43)c21. The Morgan fingerprint density at radius 1 is 1.48 bits per heavy atom. The maximum Gasteiger partial charge on any atom is 0.203 e. The van der Waals surface area contributed by atoms with E-state index in [1.165, 1.54) is 23.3 Å². The second kappa shape index (κ2) is 4.59. The molecular formula is C15H19N5S. The molecule has 6 heteroatoms. The number of thiophene rings is 1. The molecule has 0 aliphatic heterocycles. The van der Waals surface area contributed by atoms with Gasteiger partial charge in [-0.05, 0) is 50.1 Å². The summed E-state index contributed by atoms with van der Waals surface area (Å²) in [5.74, 6) is 0.608. The van der Waals surface area contributed by atoms with Crippen LogP contribution in [0.3, 0.4) is 0 Å². The van der Waals surface area contributed by atoms with Crippen molar-refractivity contribution in [3.8, 4) is 0 Å². The molecule has 0 fully saturated rings. The molecule has 1 aliphatic rings. The first-order valence-corrected chi connectivity index (χ1v) is 8.35. The molecule has 1 aliphatic carbocycles. The molecule has 0 amide bonds. The molecule has 0 spiro atoms. The van der Waals surface area contributed by atoms with Crippen LogP contribution in [0, 0.1) is 6.92 Å². The summed E-state index contributed by atoms with van der Waals surface area (Å²) in [4.78, 5) is 6.07. The van der Waals surface area contributed by atoms with Crippen molar-refractivity contribution in [3.05, 3.63) is 27.6 Å². The molecule has 0 radical (unpaired) electrons. The third-order valence-electron chi connectivity index (χ3n) is 4.40. The molecule has 0 saturated heterocycles. The Morgan fingerprint density at radius 2 is 2.33 bits per heavy atom. The van der Waals surface area contributed by atoms with Crippen molar-refractivity contribution < 1.29 is 0 Å². The van der Waals surface area contributed by atoms with Crippen LogP contribution in [0.25, 0.3) is 11.2 Å². The lowest BCUT2D eigenvalue weighted by atomic mass is 9.94. The Hall–Kier alpha value is -1.82. The van der Waals surface area contributed by atoms with E-state index in [-0.39, 0.29) is 0 Å². The number of nitrogen functional groups attached to an aromatic ring is 1. The number of nitrogens with zero attached hydrogens (tertiary/aromatic N) is 4. The first kappa shape index (κ1) is 12.9. The first-order valence-electron chi connectivity index (χ1n) is 7.47. The van der Waals surface area contributed by atoms with Crippen LogP contribution in [-0.2, 0) is 13.0 Å². The van der Waals surface area contributed by atoms with Gasteiger partial charge in [0.2, 0.25) is 5.95 Å². The molecule has 110 valence electrons. The average Bonchev–Trinajstić information content (AvgIpc) is 3.14. The molecule has 3 aromatic rings. The van der Waals surface area contributed by atoms with E-state index in [1.807, 2.05) is 22.9 Å². The molecule has 3 aromatic heterocycles. The van der Waals surface area contributed by atoms with Crippen LogP contribution in [0.5, 0.6) is 0 Å². The maximum absolute atomic E-state index is 6.26. The van der Waals surface area contributed by atoms with Crippen LogP contribution in [0.4, 0.5) is 5.95 Å². The summed E-state index contributed by atoms with van der Waals surface area (Å²) in [5.41, 5.74) is 10.6. The third kappa shape index (κ3) is 1.75. The van der Waals surface area contributed by atoms with Crippen LogP contribution < -0.4 is 5.73 Å². The van der Waals surface area contributed by atoms with Crippen molar-refractivity contribution >= 4 is 28.4 Å². The zero-order valence-corrected chi connectivity index (χ0v) is 13.2. The normalized spacial score (nSPS) is 18.3. The van der Waals surface area contributed by atoms with Gasteiger partial charge in [0.15, 0.2) is 5.65 Å². The molecule has 4 rings (SSSR count). The van der Waals surface area contributed by atoms with Crippen molar-refractivity contribution in [1.29, 1.82) is 0 Å². The van der Waals surface area contributed by atoms with Gasteiger partial charge in [-0.25, -0.2) is 9.67 Å². The first-order chi connectivity index (χ1) is 10.2. The number of fused-ring (bicyclic) bond motifs is 2. The lowest BCUT2D eigenvalue weighted by molar-refractivity contribution is 0.498. The van der Waals surface area contributed by atoms with E-state index in [0.717, 1.165) is 29.8 Å². The van der Waals surface area contributed by atoms with E-state index in [9.17, 15) is 0 Å². The van der Waals surface area contributed by atoms with E-state index in [0.29, 0.717) is 12.0 Å². The van der Waals surface area contributed by atoms with Gasteiger partial charge in [-0.3, -0.25) is 4.57 Å². The fraction of sp³-hybridized carbons (Fsp3) is 0.467. The second-order valence-electron chi connectivity index (χ2n) is 5.62. The topological polar surface area (TPSA) is 61.7 Å². The van der Waals surface area contributed by atoms with Crippen LogP contribution >= 0.6 is 11.3 Å². The van der Waals surface area contributed by atoms with E-state index >= 15 is 0 Å². The van der Waals surface area contributed by atoms with Gasteiger partial charge in [0.05, 0.1) is 11.7 Å². The molecule has 0 bridgehead atoms. The maximum atomic E-state index is 6.26. The Balaban J connectivity index is 1.98. The van der Waals surface area contributed by atoms with Gasteiger partial charge < -0.3 is 5.73 Å². The van der Waals surface area contributed by atoms with Crippen LogP contribution in [-0.4, -0.2) is 19.3 Å². The summed E-state index contributed by atoms with van der Waals surface area (Å²) in [5, 5.41) is 6.78. The van der Waals surface area contributed by atoms with Gasteiger partial charge in [0.1, 0.15) is 5.52 Å². The van der Waals surface area contributed by atoms with E-state index in [2.05, 4.69) is 33.0 Å². The minimum atomic E-state index is 0.298. The molecular weight excluding hydrogens is 282 g/mol. The van der Waals surface area contributed by atoms with Gasteiger partial charge in [-0.15, -0.1) is 11.3 Å². The molecule has 0 aromatic carbocycles. The lowest BCUT2D eigenvalue weighted by Gasteiger charge is -2.25. The van der Waals surface area contributed by atoms with Crippen LogP contribution in [0.1, 0.15) is 41.9 Å². The number of aryl methyl sites for hydroxylation is 3. The second-order valence-corrected chi connectivity index (χ2v) is 6.62. The molecule has 3 heterocycles. The summed E-state index contributed by atoms with van der Waals surface area (Å²) in [7, 11) is 0. The smallest absolute Gasteiger partial charge is 0.203 e. The number of imidazole rings is 1. The zero-order valence-electron chi connectivity index (χ0n) is 12.3. The lowest BCUT2D eigenvalue weighted by Crippen LogP contribution is -2.19. The number of aromatic nitrogens is 4. The minimum Gasteiger partial charge on any atom is -0.369 e. The predicted molar refractivity (Wildman–Crippen MR) is 85.7 cm³/mol. The largest absolute Gasteiger partial charge is 0.369 e. The number of rotatable bonds is 2. The third-order valence-corrected chi connectivity index (χ3v) is 5.40. The minimum absolute atomic E-state index is 0.298. The van der Waals surface area contributed by atoms with Gasteiger partial charge in [-0.2, -0.15) is 5.10 Å². The van der Waals surface area contributed by atoms with Crippen molar-refractivity contribution in [1.82, 2.24) is 19.3 Å². The van der Waals surface area contributed by atoms with Crippen molar-refractivity contribution in [2.45, 2.75) is 45.7 Å². The highest BCUT2D eigenvalue weighted by Crippen LogP contribution is 2.39. The fourth-order valence-corrected chi connectivity index (χ4v) is 4.45. The zero-order chi connectivity index (χ0) is 14.6. The summed E-state index contributed by atoms with van der Waals surface area (Å²) >= 11 is 1.86.